The Morgan fingerprint density at radius 2 is 1.74 bits per heavy atom. The molecule has 9 heteroatoms. The molecule has 1 aromatic heterocycles. The summed E-state index contributed by atoms with van der Waals surface area (Å²) in [6, 6.07) is 15.5. The Morgan fingerprint density at radius 1 is 1.00 bits per heavy atom. The van der Waals surface area contributed by atoms with Crippen LogP contribution in [0.3, 0.4) is 0 Å². The molecule has 0 fully saturated rings. The Bertz CT molecular complexity index is 1030. The van der Waals surface area contributed by atoms with Crippen molar-refractivity contribution in [2.45, 2.75) is 24.9 Å². The van der Waals surface area contributed by atoms with Gasteiger partial charge in [-0.15, -0.1) is 10.2 Å². The van der Waals surface area contributed by atoms with Crippen molar-refractivity contribution in [2.75, 3.05) is 19.0 Å². The van der Waals surface area contributed by atoms with E-state index in [1.807, 2.05) is 37.3 Å². The van der Waals surface area contributed by atoms with Gasteiger partial charge in [0, 0.05) is 5.69 Å². The molecule has 0 aliphatic heterocycles. The van der Waals surface area contributed by atoms with Crippen LogP contribution in [0.25, 0.3) is 17.1 Å². The minimum atomic E-state index is -0.590. The molecule has 0 saturated carbocycles. The summed E-state index contributed by atoms with van der Waals surface area (Å²) < 4.78 is 26.0. The normalized spacial score (nSPS) is 10.6. The van der Waals surface area contributed by atoms with Gasteiger partial charge in [0.1, 0.15) is 5.82 Å². The quantitative estimate of drug-likeness (QED) is 0.266. The predicted molar refractivity (Wildman–Crippen MR) is 114 cm³/mol. The molecule has 1 heterocycles. The van der Waals surface area contributed by atoms with Gasteiger partial charge in [0.2, 0.25) is 0 Å². The highest BCUT2D eigenvalue weighted by atomic mass is 32.2. The highest BCUT2D eigenvalue weighted by molar-refractivity contribution is 7.99. The number of esters is 2. The number of ether oxygens (including phenoxy) is 2. The summed E-state index contributed by atoms with van der Waals surface area (Å²) in [6.07, 6.45) is 1.66. The zero-order chi connectivity index (χ0) is 22.1. The van der Waals surface area contributed by atoms with Gasteiger partial charge in [-0.25, -0.2) is 9.18 Å². The van der Waals surface area contributed by atoms with Crippen molar-refractivity contribution >= 4 is 23.7 Å². The van der Waals surface area contributed by atoms with Crippen LogP contribution in [0.15, 0.2) is 59.8 Å². The van der Waals surface area contributed by atoms with E-state index in [1.54, 1.807) is 22.8 Å². The molecule has 0 atom stereocenters. The maximum absolute atomic E-state index is 14.4. The number of carbonyl (C=O) groups is 2. The lowest BCUT2D eigenvalue weighted by molar-refractivity contribution is -0.157. The standard InChI is InChI=1S/C22H22FN3O4S/c1-2-3-13-29-19(27)14-30-20(28)15-31-22-25-24-21(17-11-7-8-12-18(17)23)26(22)16-9-5-4-6-10-16/h4-12H,2-3,13-15H2,1H3. The first-order chi connectivity index (χ1) is 15.1. The van der Waals surface area contributed by atoms with Gasteiger partial charge in [-0.2, -0.15) is 0 Å². The molecule has 0 N–H and O–H groups in total. The molecule has 0 spiro atoms. The average molecular weight is 444 g/mol. The summed E-state index contributed by atoms with van der Waals surface area (Å²) in [6.45, 7) is 1.85. The molecule has 162 valence electrons. The molecule has 0 radical (unpaired) electrons. The zero-order valence-corrected chi connectivity index (χ0v) is 17.8. The molecule has 0 saturated heterocycles. The smallest absolute Gasteiger partial charge is 0.344 e. The highest BCUT2D eigenvalue weighted by Crippen LogP contribution is 2.29. The Hall–Kier alpha value is -3.20. The van der Waals surface area contributed by atoms with Crippen molar-refractivity contribution in [3.63, 3.8) is 0 Å². The van der Waals surface area contributed by atoms with Crippen LogP contribution in [0, 0.1) is 5.82 Å². The predicted octanol–water partition coefficient (Wildman–Crippen LogP) is 4.05. The van der Waals surface area contributed by atoms with Gasteiger partial charge in [0.25, 0.3) is 0 Å². The molecule has 31 heavy (non-hydrogen) atoms. The summed E-state index contributed by atoms with van der Waals surface area (Å²) in [5, 5.41) is 8.68. The number of para-hydroxylation sites is 1. The SMILES string of the molecule is CCCCOC(=O)COC(=O)CSc1nnc(-c2ccccc2F)n1-c1ccccc1. The van der Waals surface area contributed by atoms with E-state index in [9.17, 15) is 14.0 Å². The number of hydrogen-bond donors (Lipinski definition) is 0. The van der Waals surface area contributed by atoms with E-state index in [2.05, 4.69) is 10.2 Å². The summed E-state index contributed by atoms with van der Waals surface area (Å²) >= 11 is 1.08. The fourth-order valence-corrected chi connectivity index (χ4v) is 3.42. The van der Waals surface area contributed by atoms with Crippen molar-refractivity contribution in [1.29, 1.82) is 0 Å². The van der Waals surface area contributed by atoms with Crippen molar-refractivity contribution in [3.05, 3.63) is 60.4 Å². The second kappa shape index (κ2) is 11.3. The Morgan fingerprint density at radius 3 is 2.48 bits per heavy atom. The van der Waals surface area contributed by atoms with Crippen LogP contribution >= 0.6 is 11.8 Å². The molecule has 0 bridgehead atoms. The number of nitrogens with zero attached hydrogens (tertiary/aromatic N) is 3. The molecule has 0 aliphatic carbocycles. The molecule has 7 nitrogen and oxygen atoms in total. The van der Waals surface area contributed by atoms with Gasteiger partial charge < -0.3 is 9.47 Å². The molecule has 3 rings (SSSR count). The molecule has 0 amide bonds. The first kappa shape index (κ1) is 22.5. The first-order valence-corrected chi connectivity index (χ1v) is 10.8. The van der Waals surface area contributed by atoms with Gasteiger partial charge in [-0.3, -0.25) is 9.36 Å². The monoisotopic (exact) mass is 443 g/mol. The van der Waals surface area contributed by atoms with Crippen LogP contribution < -0.4 is 0 Å². The van der Waals surface area contributed by atoms with E-state index >= 15 is 0 Å². The third-order valence-corrected chi connectivity index (χ3v) is 5.10. The van der Waals surface area contributed by atoms with Crippen molar-refractivity contribution in [2.24, 2.45) is 0 Å². The van der Waals surface area contributed by atoms with Crippen LogP contribution in [0.5, 0.6) is 0 Å². The Balaban J connectivity index is 1.71. The lowest BCUT2D eigenvalue weighted by Gasteiger charge is -2.10. The molecule has 0 aliphatic rings. The fourth-order valence-electron chi connectivity index (χ4n) is 2.67. The molecular formula is C22H22FN3O4S. The molecular weight excluding hydrogens is 421 g/mol. The third-order valence-electron chi connectivity index (χ3n) is 4.19. The summed E-state index contributed by atoms with van der Waals surface area (Å²) in [7, 11) is 0. The summed E-state index contributed by atoms with van der Waals surface area (Å²) in [4.78, 5) is 23.6. The van der Waals surface area contributed by atoms with E-state index in [4.69, 9.17) is 9.47 Å². The van der Waals surface area contributed by atoms with Crippen molar-refractivity contribution in [1.82, 2.24) is 14.8 Å². The van der Waals surface area contributed by atoms with Crippen LogP contribution in [-0.2, 0) is 19.1 Å². The summed E-state index contributed by atoms with van der Waals surface area (Å²) in [5.74, 6) is -1.37. The van der Waals surface area contributed by atoms with E-state index in [0.29, 0.717) is 23.2 Å². The number of thioether (sulfide) groups is 1. The number of carbonyl (C=O) groups excluding carboxylic acids is 2. The van der Waals surface area contributed by atoms with Crippen LogP contribution in [-0.4, -0.2) is 45.7 Å². The number of halogens is 1. The summed E-state index contributed by atoms with van der Waals surface area (Å²) in [5.41, 5.74) is 1.02. The molecule has 0 unspecified atom stereocenters. The average Bonchev–Trinajstić information content (AvgIpc) is 3.21. The van der Waals surface area contributed by atoms with Crippen LogP contribution in [0.2, 0.25) is 0 Å². The van der Waals surface area contributed by atoms with Gasteiger partial charge in [0.05, 0.1) is 17.9 Å². The lowest BCUT2D eigenvalue weighted by atomic mass is 10.2. The maximum Gasteiger partial charge on any atom is 0.344 e. The van der Waals surface area contributed by atoms with Crippen LogP contribution in [0.1, 0.15) is 19.8 Å². The fraction of sp³-hybridized carbons (Fsp3) is 0.273. The van der Waals surface area contributed by atoms with E-state index in [0.717, 1.165) is 30.3 Å². The van der Waals surface area contributed by atoms with E-state index in [1.165, 1.54) is 6.07 Å². The van der Waals surface area contributed by atoms with E-state index < -0.39 is 24.4 Å². The lowest BCUT2D eigenvalue weighted by Crippen LogP contribution is -2.18. The first-order valence-electron chi connectivity index (χ1n) is 9.80. The largest absolute Gasteiger partial charge is 0.463 e. The zero-order valence-electron chi connectivity index (χ0n) is 17.0. The number of unbranched alkanes of at least 4 members (excludes halogenated alkanes) is 1. The van der Waals surface area contributed by atoms with Gasteiger partial charge in [0.15, 0.2) is 17.6 Å². The maximum atomic E-state index is 14.4. The number of aromatic nitrogens is 3. The topological polar surface area (TPSA) is 83.3 Å². The number of rotatable bonds is 10. The van der Waals surface area contributed by atoms with E-state index in [-0.39, 0.29) is 5.75 Å². The van der Waals surface area contributed by atoms with Gasteiger partial charge >= 0.3 is 11.9 Å². The minimum absolute atomic E-state index is 0.0928. The van der Waals surface area contributed by atoms with Crippen molar-refractivity contribution < 1.29 is 23.5 Å². The number of hydrogen-bond acceptors (Lipinski definition) is 7. The number of benzene rings is 2. The van der Waals surface area contributed by atoms with Gasteiger partial charge in [-0.1, -0.05) is 55.4 Å². The third kappa shape index (κ3) is 6.14. The Labute approximate surface area is 183 Å². The second-order valence-electron chi connectivity index (χ2n) is 6.48. The second-order valence-corrected chi connectivity index (χ2v) is 7.42. The minimum Gasteiger partial charge on any atom is -0.463 e. The van der Waals surface area contributed by atoms with Crippen molar-refractivity contribution in [3.8, 4) is 17.1 Å². The molecule has 3 aromatic rings. The molecule has 2 aromatic carbocycles. The van der Waals surface area contributed by atoms with Gasteiger partial charge in [-0.05, 0) is 30.7 Å². The highest BCUT2D eigenvalue weighted by Gasteiger charge is 2.20. The van der Waals surface area contributed by atoms with Crippen LogP contribution in [0.4, 0.5) is 4.39 Å². The Kier molecular flexibility index (Phi) is 8.17.